The Balaban J connectivity index is 2.29. The van der Waals surface area contributed by atoms with Gasteiger partial charge in [-0.2, -0.15) is 5.26 Å². The van der Waals surface area contributed by atoms with Crippen molar-refractivity contribution in [2.45, 2.75) is 18.6 Å². The standard InChI is InChI=1S/C13H10FNO3/c14-9-5-8(7-15)12-10(6-9)11(16)1-2-13(12)17-3-4-18-13/h5-6H,1-4H2. The fourth-order valence-electron chi connectivity index (χ4n) is 2.61. The highest BCUT2D eigenvalue weighted by Gasteiger charge is 2.46. The predicted molar refractivity (Wildman–Crippen MR) is 58.3 cm³/mol. The Labute approximate surface area is 103 Å². The summed E-state index contributed by atoms with van der Waals surface area (Å²) < 4.78 is 24.6. The number of carbonyl (C=O) groups excluding carboxylic acids is 1. The average Bonchev–Trinajstić information content (AvgIpc) is 2.83. The maximum absolute atomic E-state index is 13.4. The van der Waals surface area contributed by atoms with Gasteiger partial charge in [0.15, 0.2) is 11.6 Å². The monoisotopic (exact) mass is 247 g/mol. The van der Waals surface area contributed by atoms with E-state index < -0.39 is 11.6 Å². The van der Waals surface area contributed by atoms with Crippen molar-refractivity contribution < 1.29 is 18.7 Å². The molecule has 1 heterocycles. The minimum atomic E-state index is -1.04. The van der Waals surface area contributed by atoms with E-state index in [-0.39, 0.29) is 23.3 Å². The number of Topliss-reactive ketones (excluding diaryl/α,β-unsaturated/α-hetero) is 1. The lowest BCUT2D eigenvalue weighted by atomic mass is 9.83. The van der Waals surface area contributed by atoms with Gasteiger partial charge in [0.1, 0.15) is 5.82 Å². The first-order valence-corrected chi connectivity index (χ1v) is 5.71. The van der Waals surface area contributed by atoms with E-state index in [4.69, 9.17) is 14.7 Å². The number of ether oxygens (including phenoxy) is 2. The number of nitriles is 1. The van der Waals surface area contributed by atoms with Gasteiger partial charge >= 0.3 is 0 Å². The Bertz CT molecular complexity index is 570. The molecule has 92 valence electrons. The van der Waals surface area contributed by atoms with Crippen molar-refractivity contribution in [2.75, 3.05) is 13.2 Å². The number of hydrogen-bond acceptors (Lipinski definition) is 4. The second-order valence-electron chi connectivity index (χ2n) is 4.36. The Morgan fingerprint density at radius 1 is 1.33 bits per heavy atom. The van der Waals surface area contributed by atoms with Gasteiger partial charge in [0.05, 0.1) is 24.8 Å². The van der Waals surface area contributed by atoms with Gasteiger partial charge in [-0.3, -0.25) is 4.79 Å². The van der Waals surface area contributed by atoms with Crippen molar-refractivity contribution in [1.82, 2.24) is 0 Å². The third-order valence-electron chi connectivity index (χ3n) is 3.34. The van der Waals surface area contributed by atoms with Gasteiger partial charge in [-0.1, -0.05) is 0 Å². The van der Waals surface area contributed by atoms with E-state index in [1.807, 2.05) is 6.07 Å². The summed E-state index contributed by atoms with van der Waals surface area (Å²) in [6.07, 6.45) is 0.612. The molecule has 0 aromatic heterocycles. The first-order chi connectivity index (χ1) is 8.66. The number of benzene rings is 1. The van der Waals surface area contributed by atoms with E-state index >= 15 is 0 Å². The number of hydrogen-bond donors (Lipinski definition) is 0. The molecule has 4 nitrogen and oxygen atoms in total. The summed E-state index contributed by atoms with van der Waals surface area (Å²) in [6.45, 7) is 0.825. The quantitative estimate of drug-likeness (QED) is 0.702. The van der Waals surface area contributed by atoms with Crippen LogP contribution in [0.2, 0.25) is 0 Å². The lowest BCUT2D eigenvalue weighted by Gasteiger charge is -2.33. The summed E-state index contributed by atoms with van der Waals surface area (Å²) in [5, 5.41) is 9.11. The SMILES string of the molecule is N#Cc1cc(F)cc2c1C1(CCC2=O)OCCO1. The van der Waals surface area contributed by atoms with Crippen LogP contribution >= 0.6 is 0 Å². The van der Waals surface area contributed by atoms with E-state index in [1.54, 1.807) is 0 Å². The smallest absolute Gasteiger partial charge is 0.197 e. The van der Waals surface area contributed by atoms with Crippen LogP contribution in [0.4, 0.5) is 4.39 Å². The molecule has 1 saturated heterocycles. The Morgan fingerprint density at radius 2 is 2.06 bits per heavy atom. The topological polar surface area (TPSA) is 59.3 Å². The lowest BCUT2D eigenvalue weighted by Crippen LogP contribution is -2.35. The fraction of sp³-hybridized carbons (Fsp3) is 0.385. The second-order valence-corrected chi connectivity index (χ2v) is 4.36. The second kappa shape index (κ2) is 3.87. The summed E-state index contributed by atoms with van der Waals surface area (Å²) >= 11 is 0. The normalized spacial score (nSPS) is 20.8. The van der Waals surface area contributed by atoms with Crippen LogP contribution < -0.4 is 0 Å². The third-order valence-corrected chi connectivity index (χ3v) is 3.34. The highest BCUT2D eigenvalue weighted by atomic mass is 19.1. The van der Waals surface area contributed by atoms with Crippen LogP contribution in [0.1, 0.15) is 34.3 Å². The average molecular weight is 247 g/mol. The number of halogens is 1. The number of carbonyl (C=O) groups is 1. The largest absolute Gasteiger partial charge is 0.343 e. The van der Waals surface area contributed by atoms with Crippen molar-refractivity contribution >= 4 is 5.78 Å². The zero-order valence-corrected chi connectivity index (χ0v) is 9.53. The minimum Gasteiger partial charge on any atom is -0.343 e. The summed E-state index contributed by atoms with van der Waals surface area (Å²) in [7, 11) is 0. The summed E-state index contributed by atoms with van der Waals surface area (Å²) in [5.74, 6) is -1.80. The first kappa shape index (κ1) is 11.3. The summed E-state index contributed by atoms with van der Waals surface area (Å²) in [5.41, 5.74) is 0.708. The van der Waals surface area contributed by atoms with Gasteiger partial charge in [0.2, 0.25) is 0 Å². The van der Waals surface area contributed by atoms with E-state index in [1.165, 1.54) is 0 Å². The molecule has 0 unspecified atom stereocenters. The Morgan fingerprint density at radius 3 is 2.72 bits per heavy atom. The number of rotatable bonds is 0. The van der Waals surface area contributed by atoms with Gasteiger partial charge in [0, 0.05) is 24.0 Å². The van der Waals surface area contributed by atoms with Gasteiger partial charge < -0.3 is 9.47 Å². The minimum absolute atomic E-state index is 0.111. The molecule has 0 radical (unpaired) electrons. The molecule has 3 rings (SSSR count). The van der Waals surface area contributed by atoms with Crippen molar-refractivity contribution in [3.8, 4) is 6.07 Å². The van der Waals surface area contributed by atoms with Crippen molar-refractivity contribution in [3.05, 3.63) is 34.6 Å². The van der Waals surface area contributed by atoms with E-state index in [0.29, 0.717) is 25.2 Å². The molecule has 0 N–H and O–H groups in total. The van der Waals surface area contributed by atoms with Crippen LogP contribution in [0, 0.1) is 17.1 Å². The van der Waals surface area contributed by atoms with E-state index in [9.17, 15) is 9.18 Å². The molecule has 2 aliphatic rings. The number of ketones is 1. The molecule has 1 spiro atoms. The zero-order chi connectivity index (χ0) is 12.8. The van der Waals surface area contributed by atoms with Gasteiger partial charge in [-0.05, 0) is 12.1 Å². The van der Waals surface area contributed by atoms with Gasteiger partial charge in [-0.25, -0.2) is 4.39 Å². The van der Waals surface area contributed by atoms with Crippen molar-refractivity contribution in [3.63, 3.8) is 0 Å². The molecule has 1 fully saturated rings. The molecule has 1 aliphatic carbocycles. The number of nitrogens with zero attached hydrogens (tertiary/aromatic N) is 1. The molecule has 1 aliphatic heterocycles. The molecule has 18 heavy (non-hydrogen) atoms. The van der Waals surface area contributed by atoms with Crippen LogP contribution in [0.25, 0.3) is 0 Å². The molecular formula is C13H10FNO3. The molecular weight excluding hydrogens is 237 g/mol. The molecule has 1 aromatic carbocycles. The molecule has 0 amide bonds. The Kier molecular flexibility index (Phi) is 2.44. The zero-order valence-electron chi connectivity index (χ0n) is 9.53. The van der Waals surface area contributed by atoms with Gasteiger partial charge in [-0.15, -0.1) is 0 Å². The lowest BCUT2D eigenvalue weighted by molar-refractivity contribution is -0.172. The van der Waals surface area contributed by atoms with Crippen molar-refractivity contribution in [2.24, 2.45) is 0 Å². The maximum Gasteiger partial charge on any atom is 0.197 e. The van der Waals surface area contributed by atoms with Crippen LogP contribution in [-0.4, -0.2) is 19.0 Å². The predicted octanol–water partition coefficient (Wildman–Crippen LogP) is 1.87. The number of fused-ring (bicyclic) bond motifs is 2. The van der Waals surface area contributed by atoms with Crippen LogP contribution in [0.15, 0.2) is 12.1 Å². The van der Waals surface area contributed by atoms with Crippen LogP contribution in [0.5, 0.6) is 0 Å². The fourth-order valence-corrected chi connectivity index (χ4v) is 2.61. The molecule has 0 saturated carbocycles. The Hall–Kier alpha value is -1.77. The maximum atomic E-state index is 13.4. The van der Waals surface area contributed by atoms with Crippen molar-refractivity contribution in [1.29, 1.82) is 5.26 Å². The van der Waals surface area contributed by atoms with Crippen LogP contribution in [-0.2, 0) is 15.3 Å². The highest BCUT2D eigenvalue weighted by Crippen LogP contribution is 2.43. The van der Waals surface area contributed by atoms with E-state index in [2.05, 4.69) is 0 Å². The molecule has 1 aromatic rings. The van der Waals surface area contributed by atoms with Gasteiger partial charge in [0.25, 0.3) is 0 Å². The van der Waals surface area contributed by atoms with Crippen LogP contribution in [0.3, 0.4) is 0 Å². The third kappa shape index (κ3) is 1.47. The molecule has 5 heteroatoms. The molecule has 0 bridgehead atoms. The van der Waals surface area contributed by atoms with E-state index in [0.717, 1.165) is 12.1 Å². The first-order valence-electron chi connectivity index (χ1n) is 5.71. The summed E-state index contributed by atoms with van der Waals surface area (Å²) in [4.78, 5) is 11.9. The highest BCUT2D eigenvalue weighted by molar-refractivity contribution is 5.99. The molecule has 0 atom stereocenters. The summed E-state index contributed by atoms with van der Waals surface area (Å²) in [6, 6.07) is 4.19.